The zero-order chi connectivity index (χ0) is 11.1. The van der Waals surface area contributed by atoms with Crippen molar-refractivity contribution in [2.45, 2.75) is 13.1 Å². The highest BCUT2D eigenvalue weighted by Crippen LogP contribution is 2.19. The van der Waals surface area contributed by atoms with E-state index in [-0.39, 0.29) is 13.1 Å². The molecule has 4 nitrogen and oxygen atoms in total. The topological polar surface area (TPSA) is 58.9 Å². The number of hydrogen-bond acceptors (Lipinski definition) is 4. The Morgan fingerprint density at radius 1 is 1.13 bits per heavy atom. The zero-order valence-corrected chi connectivity index (χ0v) is 9.32. The van der Waals surface area contributed by atoms with Crippen molar-refractivity contribution in [3.8, 4) is 0 Å². The summed E-state index contributed by atoms with van der Waals surface area (Å²) in [6.07, 6.45) is 2.95. The molecule has 0 aliphatic heterocycles. The van der Waals surface area contributed by atoms with E-state index in [1.807, 2.05) is 18.2 Å². The molecule has 0 atom stereocenters. The summed E-state index contributed by atoms with van der Waals surface area (Å²) < 4.78 is 0.861. The minimum Gasteiger partial charge on any atom is -0.211 e. The van der Waals surface area contributed by atoms with Crippen LogP contribution in [0, 0.1) is 0 Å². The molecule has 0 N–H and O–H groups in total. The van der Waals surface area contributed by atoms with Crippen molar-refractivity contribution in [3.05, 3.63) is 33.8 Å². The zero-order valence-electron chi connectivity index (χ0n) is 7.74. The molecule has 1 aromatic rings. The molecule has 0 bridgehead atoms. The number of aliphatic imine (C=N–C) groups is 2. The van der Waals surface area contributed by atoms with Crippen LogP contribution in [0.25, 0.3) is 0 Å². The molecule has 0 amide bonds. The van der Waals surface area contributed by atoms with Gasteiger partial charge < -0.3 is 0 Å². The van der Waals surface area contributed by atoms with Gasteiger partial charge in [-0.05, 0) is 17.2 Å². The van der Waals surface area contributed by atoms with Gasteiger partial charge in [0.2, 0.25) is 12.2 Å². The predicted molar refractivity (Wildman–Crippen MR) is 57.8 cm³/mol. The van der Waals surface area contributed by atoms with Crippen LogP contribution in [0.5, 0.6) is 0 Å². The summed E-state index contributed by atoms with van der Waals surface area (Å²) in [7, 11) is 0. The average Bonchev–Trinajstić information content (AvgIpc) is 2.26. The van der Waals surface area contributed by atoms with E-state index in [9.17, 15) is 9.59 Å². The molecule has 0 aromatic heterocycles. The Kier molecular flexibility index (Phi) is 4.64. The highest BCUT2D eigenvalue weighted by atomic mass is 79.9. The van der Waals surface area contributed by atoms with Gasteiger partial charge in [-0.25, -0.2) is 19.6 Å². The molecular weight excluding hydrogens is 260 g/mol. The SMILES string of the molecule is O=C=NCc1ccc(Br)c(CN=C=O)c1. The first-order valence-electron chi connectivity index (χ1n) is 4.12. The van der Waals surface area contributed by atoms with Crippen LogP contribution >= 0.6 is 15.9 Å². The van der Waals surface area contributed by atoms with Crippen LogP contribution in [0.1, 0.15) is 11.1 Å². The quantitative estimate of drug-likeness (QED) is 0.619. The lowest BCUT2D eigenvalue weighted by Gasteiger charge is -2.02. The van der Waals surface area contributed by atoms with Crippen LogP contribution in [0.3, 0.4) is 0 Å². The lowest BCUT2D eigenvalue weighted by molar-refractivity contribution is 0.562. The van der Waals surface area contributed by atoms with E-state index in [1.165, 1.54) is 12.2 Å². The highest BCUT2D eigenvalue weighted by Gasteiger charge is 2.00. The minimum absolute atomic E-state index is 0.267. The van der Waals surface area contributed by atoms with Gasteiger partial charge in [0.05, 0.1) is 13.1 Å². The fraction of sp³-hybridized carbons (Fsp3) is 0.200. The Hall–Kier alpha value is -1.54. The van der Waals surface area contributed by atoms with Crippen LogP contribution in [0.15, 0.2) is 32.7 Å². The van der Waals surface area contributed by atoms with Crippen molar-refractivity contribution in [1.29, 1.82) is 0 Å². The molecule has 0 aliphatic rings. The first-order chi connectivity index (χ1) is 7.27. The van der Waals surface area contributed by atoms with Crippen molar-refractivity contribution < 1.29 is 9.59 Å². The molecule has 76 valence electrons. The van der Waals surface area contributed by atoms with Gasteiger partial charge in [-0.3, -0.25) is 0 Å². The van der Waals surface area contributed by atoms with E-state index in [4.69, 9.17) is 0 Å². The van der Waals surface area contributed by atoms with Crippen molar-refractivity contribution in [2.75, 3.05) is 0 Å². The number of nitrogens with zero attached hydrogens (tertiary/aromatic N) is 2. The molecule has 5 heteroatoms. The number of carbonyl (C=O) groups excluding carboxylic acids is 2. The van der Waals surface area contributed by atoms with Gasteiger partial charge in [0, 0.05) is 4.47 Å². The molecule has 0 heterocycles. The van der Waals surface area contributed by atoms with Crippen LogP contribution in [-0.2, 0) is 22.7 Å². The molecule has 0 spiro atoms. The highest BCUT2D eigenvalue weighted by molar-refractivity contribution is 9.10. The summed E-state index contributed by atoms with van der Waals surface area (Å²) in [4.78, 5) is 26.8. The molecule has 0 saturated heterocycles. The van der Waals surface area contributed by atoms with Crippen molar-refractivity contribution in [3.63, 3.8) is 0 Å². The predicted octanol–water partition coefficient (Wildman–Crippen LogP) is 2.12. The molecule has 1 aromatic carbocycles. The molecule has 0 radical (unpaired) electrons. The fourth-order valence-corrected chi connectivity index (χ4v) is 1.46. The van der Waals surface area contributed by atoms with Gasteiger partial charge in [-0.15, -0.1) is 0 Å². The van der Waals surface area contributed by atoms with Gasteiger partial charge >= 0.3 is 0 Å². The summed E-state index contributed by atoms with van der Waals surface area (Å²) >= 11 is 3.33. The third-order valence-electron chi connectivity index (χ3n) is 1.75. The van der Waals surface area contributed by atoms with Crippen LogP contribution in [-0.4, -0.2) is 12.2 Å². The van der Waals surface area contributed by atoms with E-state index >= 15 is 0 Å². The largest absolute Gasteiger partial charge is 0.235 e. The van der Waals surface area contributed by atoms with E-state index in [2.05, 4.69) is 25.9 Å². The second-order valence-electron chi connectivity index (χ2n) is 2.74. The maximum Gasteiger partial charge on any atom is 0.235 e. The Balaban J connectivity index is 2.93. The van der Waals surface area contributed by atoms with Gasteiger partial charge in [0.15, 0.2) is 0 Å². The Bertz CT molecular complexity index is 447. The molecular formula is C10H7BrN2O2. The lowest BCUT2D eigenvalue weighted by atomic mass is 10.1. The smallest absolute Gasteiger partial charge is 0.211 e. The summed E-state index contributed by atoms with van der Waals surface area (Å²) in [6, 6.07) is 5.48. The Morgan fingerprint density at radius 2 is 1.80 bits per heavy atom. The molecule has 15 heavy (non-hydrogen) atoms. The Labute approximate surface area is 94.9 Å². The normalized spacial score (nSPS) is 8.87. The molecule has 0 saturated carbocycles. The molecule has 0 fully saturated rings. The number of hydrogen-bond donors (Lipinski definition) is 0. The van der Waals surface area contributed by atoms with Gasteiger partial charge in [0.1, 0.15) is 0 Å². The van der Waals surface area contributed by atoms with Crippen molar-refractivity contribution >= 4 is 28.1 Å². The molecule has 0 unspecified atom stereocenters. The lowest BCUT2D eigenvalue weighted by Crippen LogP contribution is -1.88. The average molecular weight is 267 g/mol. The Morgan fingerprint density at radius 3 is 2.47 bits per heavy atom. The van der Waals surface area contributed by atoms with E-state index in [1.54, 1.807) is 0 Å². The number of isocyanates is 2. The van der Waals surface area contributed by atoms with E-state index in [0.29, 0.717) is 0 Å². The summed E-state index contributed by atoms with van der Waals surface area (Å²) in [5.74, 6) is 0. The monoisotopic (exact) mass is 266 g/mol. The van der Waals surface area contributed by atoms with Crippen LogP contribution in [0.2, 0.25) is 0 Å². The first-order valence-corrected chi connectivity index (χ1v) is 4.92. The third kappa shape index (κ3) is 3.60. The minimum atomic E-state index is 0.267. The molecule has 0 aliphatic carbocycles. The maximum atomic E-state index is 9.97. The summed E-state index contributed by atoms with van der Waals surface area (Å²) in [5, 5.41) is 0. The van der Waals surface area contributed by atoms with Gasteiger partial charge in [-0.2, -0.15) is 0 Å². The van der Waals surface area contributed by atoms with Crippen LogP contribution < -0.4 is 0 Å². The second-order valence-corrected chi connectivity index (χ2v) is 3.60. The summed E-state index contributed by atoms with van der Waals surface area (Å²) in [5.41, 5.74) is 1.73. The first kappa shape index (κ1) is 11.5. The molecule has 1 rings (SSSR count). The van der Waals surface area contributed by atoms with E-state index in [0.717, 1.165) is 15.6 Å². The summed E-state index contributed by atoms with van der Waals surface area (Å²) in [6.45, 7) is 0.553. The van der Waals surface area contributed by atoms with E-state index < -0.39 is 0 Å². The van der Waals surface area contributed by atoms with Gasteiger partial charge in [0.25, 0.3) is 0 Å². The third-order valence-corrected chi connectivity index (χ3v) is 2.52. The van der Waals surface area contributed by atoms with Crippen molar-refractivity contribution in [1.82, 2.24) is 0 Å². The second kappa shape index (κ2) is 6.04. The fourth-order valence-electron chi connectivity index (χ4n) is 1.09. The van der Waals surface area contributed by atoms with Crippen molar-refractivity contribution in [2.24, 2.45) is 9.98 Å². The number of halogens is 1. The number of rotatable bonds is 4. The van der Waals surface area contributed by atoms with Crippen LogP contribution in [0.4, 0.5) is 0 Å². The standard InChI is InChI=1S/C10H7BrN2O2/c11-10-2-1-8(4-12-6-14)3-9(10)5-13-7-15/h1-3H,4-5H2. The van der Waals surface area contributed by atoms with Gasteiger partial charge in [-0.1, -0.05) is 28.1 Å². The number of benzene rings is 1. The maximum absolute atomic E-state index is 9.97.